The predicted molar refractivity (Wildman–Crippen MR) is 102 cm³/mol. The molecule has 4 rings (SSSR count). The van der Waals surface area contributed by atoms with Gasteiger partial charge in [0.2, 0.25) is 5.95 Å². The van der Waals surface area contributed by atoms with Crippen molar-refractivity contribution in [1.29, 1.82) is 5.26 Å². The molecule has 2 saturated heterocycles. The molecule has 0 bridgehead atoms. The van der Waals surface area contributed by atoms with Crippen molar-refractivity contribution in [3.63, 3.8) is 0 Å². The van der Waals surface area contributed by atoms with Gasteiger partial charge in [0.05, 0.1) is 24.8 Å². The maximum atomic E-state index is 12.7. The summed E-state index contributed by atoms with van der Waals surface area (Å²) in [5.74, 6) is -0.270. The van der Waals surface area contributed by atoms with Gasteiger partial charge in [0.25, 0.3) is 5.91 Å². The van der Waals surface area contributed by atoms with Crippen molar-refractivity contribution in [2.24, 2.45) is 0 Å². The van der Waals surface area contributed by atoms with Crippen molar-refractivity contribution in [3.05, 3.63) is 47.3 Å². The number of nitriles is 1. The SMILES string of the molecule is Cc1cc(C(=O)Nc2cccc(C#N)c2)nc(N2CCC3(CC2)OCCO3)n1. The molecule has 0 saturated carbocycles. The average molecular weight is 379 g/mol. The summed E-state index contributed by atoms with van der Waals surface area (Å²) in [6, 6.07) is 10.5. The summed E-state index contributed by atoms with van der Waals surface area (Å²) in [4.78, 5) is 23.7. The minimum atomic E-state index is -0.466. The molecule has 2 aromatic rings. The number of rotatable bonds is 3. The maximum absolute atomic E-state index is 12.7. The number of nitrogens with one attached hydrogen (secondary N) is 1. The van der Waals surface area contributed by atoms with Crippen LogP contribution in [0, 0.1) is 18.3 Å². The number of ether oxygens (including phenoxy) is 2. The van der Waals surface area contributed by atoms with Crippen LogP contribution in [0.5, 0.6) is 0 Å². The van der Waals surface area contributed by atoms with Crippen LogP contribution in [0.25, 0.3) is 0 Å². The van der Waals surface area contributed by atoms with Crippen LogP contribution in [-0.2, 0) is 9.47 Å². The number of amides is 1. The van der Waals surface area contributed by atoms with E-state index in [0.717, 1.165) is 18.5 Å². The number of carbonyl (C=O) groups is 1. The van der Waals surface area contributed by atoms with Crippen molar-refractivity contribution in [1.82, 2.24) is 9.97 Å². The van der Waals surface area contributed by atoms with E-state index in [0.29, 0.717) is 49.2 Å². The van der Waals surface area contributed by atoms with E-state index < -0.39 is 5.79 Å². The van der Waals surface area contributed by atoms with Gasteiger partial charge in [0.1, 0.15) is 5.69 Å². The van der Waals surface area contributed by atoms with E-state index in [9.17, 15) is 4.79 Å². The summed E-state index contributed by atoms with van der Waals surface area (Å²) < 4.78 is 11.5. The number of hydrogen-bond donors (Lipinski definition) is 1. The van der Waals surface area contributed by atoms with Crippen molar-refractivity contribution < 1.29 is 14.3 Å². The molecular formula is C20H21N5O3. The van der Waals surface area contributed by atoms with Gasteiger partial charge in [-0.15, -0.1) is 0 Å². The first kappa shape index (κ1) is 18.3. The second-order valence-electron chi connectivity index (χ2n) is 6.94. The van der Waals surface area contributed by atoms with Crippen LogP contribution in [0.15, 0.2) is 30.3 Å². The van der Waals surface area contributed by atoms with Gasteiger partial charge < -0.3 is 19.7 Å². The highest BCUT2D eigenvalue weighted by atomic mass is 16.7. The number of benzene rings is 1. The molecule has 28 heavy (non-hydrogen) atoms. The second kappa shape index (κ2) is 7.54. The van der Waals surface area contributed by atoms with Gasteiger partial charge in [-0.05, 0) is 31.2 Å². The van der Waals surface area contributed by atoms with Crippen LogP contribution >= 0.6 is 0 Å². The fourth-order valence-electron chi connectivity index (χ4n) is 3.51. The summed E-state index contributed by atoms with van der Waals surface area (Å²) in [5, 5.41) is 11.8. The van der Waals surface area contributed by atoms with E-state index in [4.69, 9.17) is 14.7 Å². The van der Waals surface area contributed by atoms with Crippen molar-refractivity contribution in [2.75, 3.05) is 36.5 Å². The highest BCUT2D eigenvalue weighted by Gasteiger charge is 2.40. The highest BCUT2D eigenvalue weighted by Crippen LogP contribution is 2.32. The quantitative estimate of drug-likeness (QED) is 0.873. The summed E-state index contributed by atoms with van der Waals surface area (Å²) in [6.45, 7) is 4.52. The highest BCUT2D eigenvalue weighted by molar-refractivity contribution is 6.03. The predicted octanol–water partition coefficient (Wildman–Crippen LogP) is 2.25. The number of nitrogens with zero attached hydrogens (tertiary/aromatic N) is 4. The molecule has 0 radical (unpaired) electrons. The lowest BCUT2D eigenvalue weighted by atomic mass is 10.0. The standard InChI is InChI=1S/C20H21N5O3/c1-14-11-17(18(26)23-16-4-2-3-15(12-16)13-21)24-19(22-14)25-7-5-20(6-8-25)27-9-10-28-20/h2-4,11-12H,5-10H2,1H3,(H,23,26). The lowest BCUT2D eigenvalue weighted by molar-refractivity contribution is -0.169. The van der Waals surface area contributed by atoms with Gasteiger partial charge >= 0.3 is 0 Å². The van der Waals surface area contributed by atoms with E-state index in [1.165, 1.54) is 0 Å². The average Bonchev–Trinajstić information content (AvgIpc) is 3.16. The van der Waals surface area contributed by atoms with Crippen LogP contribution in [0.1, 0.15) is 34.6 Å². The van der Waals surface area contributed by atoms with Gasteiger partial charge in [-0.25, -0.2) is 9.97 Å². The third-order valence-electron chi connectivity index (χ3n) is 4.95. The zero-order valence-corrected chi connectivity index (χ0v) is 15.6. The zero-order valence-electron chi connectivity index (χ0n) is 15.6. The number of carbonyl (C=O) groups excluding carboxylic acids is 1. The molecule has 8 heteroatoms. The van der Waals surface area contributed by atoms with Crippen molar-refractivity contribution in [3.8, 4) is 6.07 Å². The van der Waals surface area contributed by atoms with E-state index in [2.05, 4.69) is 26.3 Å². The summed E-state index contributed by atoms with van der Waals surface area (Å²) in [5.41, 5.74) is 2.04. The van der Waals surface area contributed by atoms with E-state index in [1.54, 1.807) is 30.3 Å². The van der Waals surface area contributed by atoms with Gasteiger partial charge in [-0.3, -0.25) is 4.79 Å². The lowest BCUT2D eigenvalue weighted by Gasteiger charge is -2.37. The summed E-state index contributed by atoms with van der Waals surface area (Å²) >= 11 is 0. The third kappa shape index (κ3) is 3.81. The molecule has 1 N–H and O–H groups in total. The second-order valence-corrected chi connectivity index (χ2v) is 6.94. The first-order valence-electron chi connectivity index (χ1n) is 9.27. The largest absolute Gasteiger partial charge is 0.347 e. The van der Waals surface area contributed by atoms with Crippen molar-refractivity contribution >= 4 is 17.5 Å². The Labute approximate surface area is 163 Å². The fourth-order valence-corrected chi connectivity index (χ4v) is 3.51. The Hall–Kier alpha value is -3.02. The van der Waals surface area contributed by atoms with Gasteiger partial charge in [-0.1, -0.05) is 6.07 Å². The normalized spacial score (nSPS) is 18.1. The summed E-state index contributed by atoms with van der Waals surface area (Å²) in [6.07, 6.45) is 1.49. The topological polar surface area (TPSA) is 100 Å². The van der Waals surface area contributed by atoms with E-state index in [-0.39, 0.29) is 5.91 Å². The number of aryl methyl sites for hydroxylation is 1. The van der Waals surface area contributed by atoms with Crippen LogP contribution < -0.4 is 10.2 Å². The molecule has 1 amide bonds. The number of hydrogen-bond acceptors (Lipinski definition) is 7. The minimum absolute atomic E-state index is 0.290. The Kier molecular flexibility index (Phi) is 4.94. The molecule has 2 fully saturated rings. The fraction of sp³-hybridized carbons (Fsp3) is 0.400. The Morgan fingerprint density at radius 3 is 2.68 bits per heavy atom. The Morgan fingerprint density at radius 1 is 1.21 bits per heavy atom. The number of anilines is 2. The van der Waals surface area contributed by atoms with Crippen molar-refractivity contribution in [2.45, 2.75) is 25.6 Å². The Morgan fingerprint density at radius 2 is 1.96 bits per heavy atom. The molecule has 2 aliphatic rings. The van der Waals surface area contributed by atoms with E-state index in [1.807, 2.05) is 6.92 Å². The van der Waals surface area contributed by atoms with Crippen LogP contribution in [0.3, 0.4) is 0 Å². The molecule has 144 valence electrons. The first-order valence-corrected chi connectivity index (χ1v) is 9.27. The Bertz CT molecular complexity index is 924. The molecule has 1 aromatic carbocycles. The maximum Gasteiger partial charge on any atom is 0.274 e. The monoisotopic (exact) mass is 379 g/mol. The number of piperidine rings is 1. The molecule has 1 aromatic heterocycles. The molecule has 3 heterocycles. The minimum Gasteiger partial charge on any atom is -0.347 e. The van der Waals surface area contributed by atoms with Gasteiger partial charge in [0, 0.05) is 37.3 Å². The number of aromatic nitrogens is 2. The van der Waals surface area contributed by atoms with Crippen LogP contribution in [0.2, 0.25) is 0 Å². The van der Waals surface area contributed by atoms with Gasteiger partial charge in [-0.2, -0.15) is 5.26 Å². The van der Waals surface area contributed by atoms with Crippen LogP contribution in [0.4, 0.5) is 11.6 Å². The molecule has 0 unspecified atom stereocenters. The zero-order chi connectivity index (χ0) is 19.6. The van der Waals surface area contributed by atoms with Crippen LogP contribution in [-0.4, -0.2) is 48.0 Å². The Balaban J connectivity index is 1.49. The van der Waals surface area contributed by atoms with Gasteiger partial charge in [0.15, 0.2) is 5.79 Å². The lowest BCUT2D eigenvalue weighted by Crippen LogP contribution is -2.45. The molecule has 0 aliphatic carbocycles. The molecule has 1 spiro atoms. The van der Waals surface area contributed by atoms with E-state index >= 15 is 0 Å². The summed E-state index contributed by atoms with van der Waals surface area (Å²) in [7, 11) is 0. The molecule has 0 atom stereocenters. The smallest absolute Gasteiger partial charge is 0.274 e. The molecular weight excluding hydrogens is 358 g/mol. The molecule has 2 aliphatic heterocycles. The molecule has 8 nitrogen and oxygen atoms in total. The third-order valence-corrected chi connectivity index (χ3v) is 4.95. The first-order chi connectivity index (χ1) is 13.6.